The van der Waals surface area contributed by atoms with Crippen molar-refractivity contribution >= 4 is 23.4 Å². The maximum atomic E-state index is 14.3. The molecule has 9 heteroatoms. The first-order valence-corrected chi connectivity index (χ1v) is 13.1. The van der Waals surface area contributed by atoms with Gasteiger partial charge in [0.15, 0.2) is 0 Å². The molecule has 0 bridgehead atoms. The third-order valence-corrected chi connectivity index (χ3v) is 8.24. The highest BCUT2D eigenvalue weighted by atomic mass is 16.5. The van der Waals surface area contributed by atoms with Crippen LogP contribution in [0.5, 0.6) is 5.75 Å². The van der Waals surface area contributed by atoms with E-state index in [2.05, 4.69) is 0 Å². The molecule has 4 aliphatic heterocycles. The van der Waals surface area contributed by atoms with E-state index in [4.69, 9.17) is 9.47 Å². The van der Waals surface area contributed by atoms with Crippen molar-refractivity contribution < 1.29 is 29.0 Å². The van der Waals surface area contributed by atoms with Gasteiger partial charge in [0.05, 0.1) is 31.2 Å². The van der Waals surface area contributed by atoms with Crippen molar-refractivity contribution in [3.05, 3.63) is 48.6 Å². The standard InChI is InChI=1S/C28H35N3O6/c1-4-14-29-15-6-12-27(5-2)21(24(29)33)22-25(34)31(17-18-32)23-26(35)30(16-7-13-28(22,23)37-27)19-8-10-20(36-3)11-9-19/h6-13,21-23,32H,4-5,14-18H2,1-3H3/t21-,22-,23?,27+,28-/m0/s1. The summed E-state index contributed by atoms with van der Waals surface area (Å²) in [6, 6.07) is 6.16. The Morgan fingerprint density at radius 1 is 0.973 bits per heavy atom. The first-order chi connectivity index (χ1) is 17.9. The number of likely N-dealkylation sites (tertiary alicyclic amines) is 1. The van der Waals surface area contributed by atoms with Gasteiger partial charge in [-0.15, -0.1) is 0 Å². The van der Waals surface area contributed by atoms with Crippen molar-refractivity contribution in [2.24, 2.45) is 11.8 Å². The Kier molecular flexibility index (Phi) is 6.62. The number of nitrogens with zero attached hydrogens (tertiary/aromatic N) is 3. The van der Waals surface area contributed by atoms with Crippen molar-refractivity contribution in [2.45, 2.75) is 43.9 Å². The molecule has 2 saturated heterocycles. The Morgan fingerprint density at radius 2 is 1.70 bits per heavy atom. The summed E-state index contributed by atoms with van der Waals surface area (Å²) in [6.07, 6.45) is 8.86. The highest BCUT2D eigenvalue weighted by Crippen LogP contribution is 2.58. The molecule has 1 spiro atoms. The van der Waals surface area contributed by atoms with Gasteiger partial charge in [0.1, 0.15) is 17.4 Å². The van der Waals surface area contributed by atoms with Crippen molar-refractivity contribution in [3.63, 3.8) is 0 Å². The molecular formula is C28H35N3O6. The number of methoxy groups -OCH3 is 1. The Bertz CT molecular complexity index is 1130. The number of benzene rings is 1. The minimum absolute atomic E-state index is 0.0182. The first-order valence-electron chi connectivity index (χ1n) is 13.1. The molecule has 1 aromatic carbocycles. The fourth-order valence-electron chi connectivity index (χ4n) is 6.62. The second kappa shape index (κ2) is 9.61. The second-order valence-electron chi connectivity index (χ2n) is 10.1. The monoisotopic (exact) mass is 509 g/mol. The van der Waals surface area contributed by atoms with Gasteiger partial charge in [-0.2, -0.15) is 0 Å². The van der Waals surface area contributed by atoms with E-state index in [0.29, 0.717) is 30.9 Å². The van der Waals surface area contributed by atoms with Crippen molar-refractivity contribution in [2.75, 3.05) is 44.8 Å². The number of amides is 3. The smallest absolute Gasteiger partial charge is 0.253 e. The van der Waals surface area contributed by atoms with Crippen molar-refractivity contribution in [1.82, 2.24) is 9.80 Å². The third-order valence-electron chi connectivity index (χ3n) is 8.24. The number of hydrogen-bond donors (Lipinski definition) is 1. The van der Waals surface area contributed by atoms with Gasteiger partial charge in [-0.25, -0.2) is 0 Å². The molecule has 1 unspecified atom stereocenters. The van der Waals surface area contributed by atoms with Crippen LogP contribution in [-0.2, 0) is 19.1 Å². The van der Waals surface area contributed by atoms with E-state index >= 15 is 0 Å². The molecule has 5 rings (SSSR count). The topological polar surface area (TPSA) is 99.6 Å². The quantitative estimate of drug-likeness (QED) is 0.563. The lowest BCUT2D eigenvalue weighted by molar-refractivity contribution is -0.150. The van der Waals surface area contributed by atoms with Gasteiger partial charge in [-0.1, -0.05) is 38.2 Å². The number of β-amino-alcohol motifs (C(OH)–C–C–N with tert-alkyl or cyclic N) is 1. The number of aliphatic hydroxyl groups is 1. The fraction of sp³-hybridized carbons (Fsp3) is 0.536. The van der Waals surface area contributed by atoms with E-state index in [-0.39, 0.29) is 37.4 Å². The second-order valence-corrected chi connectivity index (χ2v) is 10.1. The van der Waals surface area contributed by atoms with Gasteiger partial charge in [-0.3, -0.25) is 14.4 Å². The molecule has 0 aromatic heterocycles. The maximum Gasteiger partial charge on any atom is 0.253 e. The Morgan fingerprint density at radius 3 is 2.35 bits per heavy atom. The molecule has 198 valence electrons. The summed E-state index contributed by atoms with van der Waals surface area (Å²) in [5.41, 5.74) is -1.65. The van der Waals surface area contributed by atoms with Gasteiger partial charge in [0.2, 0.25) is 11.8 Å². The molecule has 2 fully saturated rings. The van der Waals surface area contributed by atoms with E-state index in [0.717, 1.165) is 6.42 Å². The van der Waals surface area contributed by atoms with E-state index in [1.807, 2.05) is 38.2 Å². The minimum Gasteiger partial charge on any atom is -0.497 e. The highest BCUT2D eigenvalue weighted by molar-refractivity contribution is 6.06. The van der Waals surface area contributed by atoms with Gasteiger partial charge in [0, 0.05) is 31.9 Å². The number of carbonyl (C=O) groups is 3. The molecule has 0 saturated carbocycles. The van der Waals surface area contributed by atoms with Crippen LogP contribution in [0.3, 0.4) is 0 Å². The number of aliphatic hydroxyl groups excluding tert-OH is 1. The Balaban J connectivity index is 1.63. The summed E-state index contributed by atoms with van der Waals surface area (Å²) in [6.45, 7) is 4.98. The van der Waals surface area contributed by atoms with E-state index in [1.54, 1.807) is 41.2 Å². The minimum atomic E-state index is -1.32. The highest BCUT2D eigenvalue weighted by Gasteiger charge is 2.75. The lowest BCUT2D eigenvalue weighted by Gasteiger charge is -2.38. The van der Waals surface area contributed by atoms with Crippen LogP contribution in [0.25, 0.3) is 0 Å². The maximum absolute atomic E-state index is 14.3. The van der Waals surface area contributed by atoms with Crippen LogP contribution < -0.4 is 9.64 Å². The molecule has 1 N–H and O–H groups in total. The number of anilines is 1. The summed E-state index contributed by atoms with van der Waals surface area (Å²) in [5, 5.41) is 9.85. The van der Waals surface area contributed by atoms with Crippen LogP contribution in [0, 0.1) is 11.8 Å². The average Bonchev–Trinajstić information content (AvgIpc) is 3.19. The van der Waals surface area contributed by atoms with Crippen LogP contribution in [0.1, 0.15) is 26.7 Å². The Hall–Kier alpha value is -3.17. The summed E-state index contributed by atoms with van der Waals surface area (Å²) in [5.74, 6) is -1.70. The van der Waals surface area contributed by atoms with Crippen LogP contribution >= 0.6 is 0 Å². The van der Waals surface area contributed by atoms with E-state index in [9.17, 15) is 19.5 Å². The van der Waals surface area contributed by atoms with Crippen LogP contribution in [0.4, 0.5) is 5.69 Å². The summed E-state index contributed by atoms with van der Waals surface area (Å²) < 4.78 is 12.1. The zero-order valence-corrected chi connectivity index (χ0v) is 21.6. The lowest BCUT2D eigenvalue weighted by atomic mass is 9.73. The van der Waals surface area contributed by atoms with Crippen LogP contribution in [0.2, 0.25) is 0 Å². The number of rotatable bonds is 7. The summed E-state index contributed by atoms with van der Waals surface area (Å²) in [4.78, 5) is 47.1. The first kappa shape index (κ1) is 25.5. The zero-order chi connectivity index (χ0) is 26.4. The van der Waals surface area contributed by atoms with Gasteiger partial charge >= 0.3 is 0 Å². The largest absolute Gasteiger partial charge is 0.497 e. The number of carbonyl (C=O) groups excluding carboxylic acids is 3. The molecule has 3 amide bonds. The number of fused-ring (bicyclic) bond motifs is 2. The normalized spacial score (nSPS) is 32.8. The predicted octanol–water partition coefficient (Wildman–Crippen LogP) is 1.76. The van der Waals surface area contributed by atoms with E-state index < -0.39 is 29.1 Å². The number of ether oxygens (including phenoxy) is 2. The molecule has 37 heavy (non-hydrogen) atoms. The molecular weight excluding hydrogens is 474 g/mol. The van der Waals surface area contributed by atoms with Crippen molar-refractivity contribution in [3.8, 4) is 5.75 Å². The molecule has 9 nitrogen and oxygen atoms in total. The summed E-state index contributed by atoms with van der Waals surface area (Å²) >= 11 is 0. The SMILES string of the molecule is CCCN1CC=C[C@@]2(CC)O[C@]34C=CCN(c5ccc(OC)cc5)C(=O)C3N(CCO)C(=O)[C@@H]4[C@H]2C1=O. The molecule has 5 atom stereocenters. The molecule has 4 heterocycles. The summed E-state index contributed by atoms with van der Waals surface area (Å²) in [7, 11) is 1.58. The average molecular weight is 510 g/mol. The van der Waals surface area contributed by atoms with E-state index in [1.165, 1.54) is 4.90 Å². The third kappa shape index (κ3) is 3.70. The van der Waals surface area contributed by atoms with Crippen LogP contribution in [0.15, 0.2) is 48.6 Å². The van der Waals surface area contributed by atoms with Crippen LogP contribution in [-0.4, -0.2) is 89.8 Å². The molecule has 1 aromatic rings. The van der Waals surface area contributed by atoms with Gasteiger partial charge in [-0.05, 0) is 37.1 Å². The zero-order valence-electron chi connectivity index (χ0n) is 21.6. The molecule has 0 aliphatic carbocycles. The fourth-order valence-corrected chi connectivity index (χ4v) is 6.62. The lowest BCUT2D eigenvalue weighted by Crippen LogP contribution is -2.56. The predicted molar refractivity (Wildman–Crippen MR) is 137 cm³/mol. The number of hydrogen-bond acceptors (Lipinski definition) is 6. The molecule has 4 aliphatic rings. The van der Waals surface area contributed by atoms with Crippen molar-refractivity contribution in [1.29, 1.82) is 0 Å². The van der Waals surface area contributed by atoms with Gasteiger partial charge < -0.3 is 29.3 Å². The molecule has 0 radical (unpaired) electrons. The Labute approximate surface area is 217 Å². The van der Waals surface area contributed by atoms with Gasteiger partial charge in [0.25, 0.3) is 5.91 Å².